The molecule has 118 valence electrons. The smallest absolute Gasteiger partial charge is 0.387 e. The van der Waals surface area contributed by atoms with Gasteiger partial charge in [0.05, 0.1) is 6.61 Å². The third-order valence-corrected chi connectivity index (χ3v) is 3.60. The monoisotopic (exact) mass is 327 g/mol. The number of carbonyl (C=O) groups is 1. The summed E-state index contributed by atoms with van der Waals surface area (Å²) in [6.45, 7) is -0.0258. The first-order valence-corrected chi connectivity index (χ1v) is 7.48. The van der Waals surface area contributed by atoms with Gasteiger partial charge in [0, 0.05) is 12.3 Å². The molecule has 0 aliphatic rings. The Morgan fingerprint density at radius 2 is 2.18 bits per heavy atom. The van der Waals surface area contributed by atoms with Gasteiger partial charge in [0.25, 0.3) is 5.91 Å². The summed E-state index contributed by atoms with van der Waals surface area (Å²) in [7, 11) is 0. The van der Waals surface area contributed by atoms with Crippen LogP contribution in [0.15, 0.2) is 35.7 Å². The zero-order valence-corrected chi connectivity index (χ0v) is 12.7. The molecule has 0 bridgehead atoms. The Bertz CT molecular complexity index is 631. The minimum atomic E-state index is -2.96. The number of anilines is 1. The van der Waals surface area contributed by atoms with E-state index in [1.165, 1.54) is 11.4 Å². The first-order chi connectivity index (χ1) is 10.6. The Morgan fingerprint density at radius 1 is 1.36 bits per heavy atom. The molecule has 22 heavy (non-hydrogen) atoms. The van der Waals surface area contributed by atoms with Crippen molar-refractivity contribution in [3.63, 3.8) is 0 Å². The summed E-state index contributed by atoms with van der Waals surface area (Å²) in [5, 5.41) is 4.19. The number of carbonyl (C=O) groups excluding carboxylic acids is 1. The summed E-state index contributed by atoms with van der Waals surface area (Å²) in [4.78, 5) is 12.3. The molecule has 0 aliphatic heterocycles. The van der Waals surface area contributed by atoms with E-state index >= 15 is 0 Å². The second kappa shape index (κ2) is 7.86. The van der Waals surface area contributed by atoms with Gasteiger partial charge in [-0.05, 0) is 36.1 Å². The maximum atomic E-state index is 12.3. The number of benzene rings is 1. The molecule has 0 fully saturated rings. The van der Waals surface area contributed by atoms with Crippen molar-refractivity contribution >= 4 is 22.9 Å². The van der Waals surface area contributed by atoms with Crippen LogP contribution in [0.3, 0.4) is 0 Å². The zero-order valence-electron chi connectivity index (χ0n) is 11.8. The van der Waals surface area contributed by atoms with Crippen LogP contribution in [0.1, 0.15) is 22.2 Å². The van der Waals surface area contributed by atoms with Gasteiger partial charge in [-0.15, -0.1) is 11.3 Å². The van der Waals surface area contributed by atoms with Gasteiger partial charge in [-0.2, -0.15) is 8.78 Å². The molecule has 1 amide bonds. The van der Waals surface area contributed by atoms with Gasteiger partial charge in [0.15, 0.2) is 0 Å². The topological polar surface area (TPSA) is 47.6 Å². The Labute approximate surface area is 130 Å². The molecule has 0 radical (unpaired) electrons. The summed E-state index contributed by atoms with van der Waals surface area (Å²) in [5.74, 6) is -0.609. The van der Waals surface area contributed by atoms with Crippen molar-refractivity contribution in [3.05, 3.63) is 46.2 Å². The number of ether oxygens (including phenoxy) is 2. The van der Waals surface area contributed by atoms with Crippen LogP contribution in [0, 0.1) is 0 Å². The Hall–Kier alpha value is -1.99. The molecule has 0 aliphatic carbocycles. The highest BCUT2D eigenvalue weighted by Crippen LogP contribution is 2.27. The predicted octanol–water partition coefficient (Wildman–Crippen LogP) is 4.14. The Balaban J connectivity index is 2.07. The zero-order chi connectivity index (χ0) is 15.9. The molecule has 2 aromatic rings. The third kappa shape index (κ3) is 4.51. The summed E-state index contributed by atoms with van der Waals surface area (Å²) in [6, 6.07) is 8.50. The number of nitrogens with one attached hydrogen (secondary N) is 1. The van der Waals surface area contributed by atoms with Crippen LogP contribution < -0.4 is 10.1 Å². The van der Waals surface area contributed by atoms with Gasteiger partial charge < -0.3 is 14.8 Å². The largest absolute Gasteiger partial charge is 0.433 e. The van der Waals surface area contributed by atoms with E-state index < -0.39 is 12.5 Å². The first-order valence-electron chi connectivity index (χ1n) is 6.60. The Kier molecular flexibility index (Phi) is 5.85. The van der Waals surface area contributed by atoms with E-state index in [1.807, 2.05) is 13.0 Å². The van der Waals surface area contributed by atoms with Gasteiger partial charge in [-0.3, -0.25) is 4.79 Å². The lowest BCUT2D eigenvalue weighted by Crippen LogP contribution is -2.13. The number of rotatable bonds is 7. The first kappa shape index (κ1) is 16.4. The molecule has 0 saturated heterocycles. The third-order valence-electron chi connectivity index (χ3n) is 2.71. The maximum absolute atomic E-state index is 12.3. The fourth-order valence-electron chi connectivity index (χ4n) is 1.80. The van der Waals surface area contributed by atoms with E-state index in [0.717, 1.165) is 16.9 Å². The molecule has 4 nitrogen and oxygen atoms in total. The second-order valence-electron chi connectivity index (χ2n) is 4.28. The molecular weight excluding hydrogens is 312 g/mol. The molecule has 0 atom stereocenters. The molecular formula is C15H15F2NO3S. The molecule has 0 spiro atoms. The minimum absolute atomic E-state index is 0.107. The second-order valence-corrected chi connectivity index (χ2v) is 5.20. The average molecular weight is 327 g/mol. The Morgan fingerprint density at radius 3 is 2.91 bits per heavy atom. The quantitative estimate of drug-likeness (QED) is 0.831. The van der Waals surface area contributed by atoms with Crippen molar-refractivity contribution in [3.8, 4) is 5.75 Å². The van der Waals surface area contributed by atoms with Crippen LogP contribution in [-0.4, -0.2) is 19.1 Å². The molecule has 1 aromatic carbocycles. The fraction of sp³-hybridized carbons (Fsp3) is 0.267. The lowest BCUT2D eigenvalue weighted by Gasteiger charge is -2.08. The van der Waals surface area contributed by atoms with Gasteiger partial charge >= 0.3 is 6.61 Å². The predicted molar refractivity (Wildman–Crippen MR) is 80.7 cm³/mol. The van der Waals surface area contributed by atoms with E-state index in [4.69, 9.17) is 4.74 Å². The number of thiophene rings is 1. The molecule has 1 heterocycles. The number of hydrogen-bond acceptors (Lipinski definition) is 4. The lowest BCUT2D eigenvalue weighted by atomic mass is 10.2. The number of hydrogen-bond donors (Lipinski definition) is 1. The molecule has 0 saturated carbocycles. The number of halogens is 2. The fourth-order valence-corrected chi connectivity index (χ4v) is 2.52. The van der Waals surface area contributed by atoms with E-state index in [1.54, 1.807) is 18.2 Å². The highest BCUT2D eigenvalue weighted by atomic mass is 32.1. The van der Waals surface area contributed by atoms with Gasteiger partial charge in [-0.1, -0.05) is 12.1 Å². The van der Waals surface area contributed by atoms with Crippen LogP contribution in [0.5, 0.6) is 5.75 Å². The molecule has 2 rings (SSSR count). The molecule has 7 heteroatoms. The molecule has 1 aromatic heterocycles. The van der Waals surface area contributed by atoms with Crippen LogP contribution in [-0.2, 0) is 11.3 Å². The highest BCUT2D eigenvalue weighted by molar-refractivity contribution is 7.12. The van der Waals surface area contributed by atoms with Crippen molar-refractivity contribution in [2.24, 2.45) is 0 Å². The summed E-state index contributed by atoms with van der Waals surface area (Å²) < 4.78 is 34.2. The van der Waals surface area contributed by atoms with Crippen molar-refractivity contribution < 1.29 is 23.0 Å². The average Bonchev–Trinajstić information content (AvgIpc) is 2.93. The normalized spacial score (nSPS) is 10.7. The summed E-state index contributed by atoms with van der Waals surface area (Å²) >= 11 is 1.04. The van der Waals surface area contributed by atoms with Crippen molar-refractivity contribution in [1.82, 2.24) is 0 Å². The van der Waals surface area contributed by atoms with Crippen LogP contribution >= 0.6 is 11.3 Å². The van der Waals surface area contributed by atoms with E-state index in [9.17, 15) is 13.6 Å². The molecule has 0 unspecified atom stereocenters. The van der Waals surface area contributed by atoms with Gasteiger partial charge in [0.1, 0.15) is 10.6 Å². The SMILES string of the molecule is CCOCc1cccc(NC(=O)c2sccc2OC(F)F)c1. The van der Waals surface area contributed by atoms with Crippen molar-refractivity contribution in [2.75, 3.05) is 11.9 Å². The maximum Gasteiger partial charge on any atom is 0.387 e. The van der Waals surface area contributed by atoms with Crippen LogP contribution in [0.4, 0.5) is 14.5 Å². The van der Waals surface area contributed by atoms with E-state index in [0.29, 0.717) is 18.9 Å². The van der Waals surface area contributed by atoms with Gasteiger partial charge in [0.2, 0.25) is 0 Å². The van der Waals surface area contributed by atoms with Crippen molar-refractivity contribution in [2.45, 2.75) is 20.1 Å². The number of alkyl halides is 2. The van der Waals surface area contributed by atoms with E-state index in [-0.39, 0.29) is 10.6 Å². The van der Waals surface area contributed by atoms with Crippen LogP contribution in [0.2, 0.25) is 0 Å². The van der Waals surface area contributed by atoms with Gasteiger partial charge in [-0.25, -0.2) is 0 Å². The number of amides is 1. The minimum Gasteiger partial charge on any atom is -0.433 e. The standard InChI is InChI=1S/C15H15F2NO3S/c1-2-20-9-10-4-3-5-11(8-10)18-14(19)13-12(6-7-22-13)21-15(16)17/h3-8,15H,2,9H2,1H3,(H,18,19). The highest BCUT2D eigenvalue weighted by Gasteiger charge is 2.17. The van der Waals surface area contributed by atoms with E-state index in [2.05, 4.69) is 10.1 Å². The van der Waals surface area contributed by atoms with Crippen molar-refractivity contribution in [1.29, 1.82) is 0 Å². The van der Waals surface area contributed by atoms with Crippen LogP contribution in [0.25, 0.3) is 0 Å². The molecule has 1 N–H and O–H groups in total. The lowest BCUT2D eigenvalue weighted by molar-refractivity contribution is -0.0498. The summed E-state index contributed by atoms with van der Waals surface area (Å²) in [6.07, 6.45) is 0. The summed E-state index contributed by atoms with van der Waals surface area (Å²) in [5.41, 5.74) is 1.48.